The van der Waals surface area contributed by atoms with Gasteiger partial charge in [0.05, 0.1) is 19.4 Å². The van der Waals surface area contributed by atoms with E-state index >= 15 is 0 Å². The zero-order chi connectivity index (χ0) is 20.8. The third kappa shape index (κ3) is 5.85. The van der Waals surface area contributed by atoms with Crippen LogP contribution in [0.25, 0.3) is 0 Å². The van der Waals surface area contributed by atoms with Gasteiger partial charge < -0.3 is 24.3 Å². The number of furan rings is 1. The topological polar surface area (TPSA) is 56.5 Å². The van der Waals surface area contributed by atoms with Crippen LogP contribution >= 0.6 is 24.0 Å². The Morgan fingerprint density at radius 1 is 1.06 bits per heavy atom. The molecule has 2 aromatic rings. The number of hydrogen-bond donors (Lipinski definition) is 1. The van der Waals surface area contributed by atoms with Gasteiger partial charge in [-0.3, -0.25) is 9.89 Å². The van der Waals surface area contributed by atoms with E-state index in [0.717, 1.165) is 63.3 Å². The van der Waals surface area contributed by atoms with Crippen molar-refractivity contribution in [2.75, 3.05) is 64.9 Å². The second kappa shape index (κ2) is 11.6. The third-order valence-electron chi connectivity index (χ3n) is 6.14. The summed E-state index contributed by atoms with van der Waals surface area (Å²) in [4.78, 5) is 11.8. The molecule has 31 heavy (non-hydrogen) atoms. The van der Waals surface area contributed by atoms with Crippen LogP contribution in [0.4, 0.5) is 5.69 Å². The number of guanidine groups is 1. The van der Waals surface area contributed by atoms with Crippen molar-refractivity contribution < 1.29 is 9.15 Å². The summed E-state index contributed by atoms with van der Waals surface area (Å²) in [6.07, 6.45) is 4.30. The minimum Gasteiger partial charge on any atom is -0.497 e. The number of hydrogen-bond acceptors (Lipinski definition) is 5. The highest BCUT2D eigenvalue weighted by Gasteiger charge is 2.27. The molecule has 2 fully saturated rings. The van der Waals surface area contributed by atoms with Gasteiger partial charge in [0.25, 0.3) is 0 Å². The summed E-state index contributed by atoms with van der Waals surface area (Å²) < 4.78 is 11.0. The Balaban J connectivity index is 0.00000272. The van der Waals surface area contributed by atoms with Crippen molar-refractivity contribution in [2.45, 2.75) is 18.9 Å². The van der Waals surface area contributed by atoms with Gasteiger partial charge in [0, 0.05) is 45.5 Å². The number of likely N-dealkylation sites (tertiary alicyclic amines) is 1. The van der Waals surface area contributed by atoms with Crippen LogP contribution in [0.2, 0.25) is 0 Å². The van der Waals surface area contributed by atoms with Crippen LogP contribution in [-0.2, 0) is 0 Å². The highest BCUT2D eigenvalue weighted by Crippen LogP contribution is 2.25. The second-order valence-electron chi connectivity index (χ2n) is 7.87. The van der Waals surface area contributed by atoms with Crippen LogP contribution in [0, 0.1) is 0 Å². The lowest BCUT2D eigenvalue weighted by Crippen LogP contribution is -2.53. The SMILES string of the molecule is CN=C(NCC(c1ccco1)N1CCCC1)N1CCN(c2ccc(OC)cc2)CC1.I. The first-order valence-electron chi connectivity index (χ1n) is 10.9. The zero-order valence-electron chi connectivity index (χ0n) is 18.5. The maximum atomic E-state index is 5.75. The molecule has 8 heteroatoms. The summed E-state index contributed by atoms with van der Waals surface area (Å²) in [5, 5.41) is 3.61. The molecule has 170 valence electrons. The molecule has 0 aliphatic carbocycles. The Kier molecular flexibility index (Phi) is 8.89. The molecule has 1 aromatic heterocycles. The van der Waals surface area contributed by atoms with Crippen LogP contribution in [0.15, 0.2) is 52.1 Å². The van der Waals surface area contributed by atoms with Gasteiger partial charge in [-0.2, -0.15) is 0 Å². The van der Waals surface area contributed by atoms with Crippen LogP contribution in [0.1, 0.15) is 24.6 Å². The molecule has 0 bridgehead atoms. The molecule has 2 aliphatic heterocycles. The molecule has 7 nitrogen and oxygen atoms in total. The Morgan fingerprint density at radius 3 is 2.35 bits per heavy atom. The molecule has 1 atom stereocenters. The highest BCUT2D eigenvalue weighted by molar-refractivity contribution is 14.0. The Hall–Kier alpha value is -1.94. The second-order valence-corrected chi connectivity index (χ2v) is 7.87. The normalized spacial score (nSPS) is 18.6. The van der Waals surface area contributed by atoms with Crippen molar-refractivity contribution in [3.05, 3.63) is 48.4 Å². The molecule has 0 radical (unpaired) electrons. The largest absolute Gasteiger partial charge is 0.497 e. The van der Waals surface area contributed by atoms with E-state index in [1.807, 2.05) is 25.2 Å². The number of nitrogens with zero attached hydrogens (tertiary/aromatic N) is 4. The molecule has 4 rings (SSSR count). The van der Waals surface area contributed by atoms with E-state index < -0.39 is 0 Å². The molecule has 1 unspecified atom stereocenters. The van der Waals surface area contributed by atoms with Crippen molar-refractivity contribution in [2.24, 2.45) is 4.99 Å². The van der Waals surface area contributed by atoms with Gasteiger partial charge in [-0.1, -0.05) is 0 Å². The maximum Gasteiger partial charge on any atom is 0.193 e. The van der Waals surface area contributed by atoms with E-state index in [-0.39, 0.29) is 30.0 Å². The van der Waals surface area contributed by atoms with E-state index in [1.54, 1.807) is 13.4 Å². The Morgan fingerprint density at radius 2 is 1.77 bits per heavy atom. The maximum absolute atomic E-state index is 5.75. The Labute approximate surface area is 202 Å². The lowest BCUT2D eigenvalue weighted by Gasteiger charge is -2.38. The first kappa shape index (κ1) is 23.7. The van der Waals surface area contributed by atoms with Gasteiger partial charge in [-0.15, -0.1) is 24.0 Å². The molecule has 2 saturated heterocycles. The molecular weight excluding hydrogens is 505 g/mol. The number of nitrogens with one attached hydrogen (secondary N) is 1. The first-order valence-corrected chi connectivity index (χ1v) is 10.9. The highest BCUT2D eigenvalue weighted by atomic mass is 127. The van der Waals surface area contributed by atoms with Crippen molar-refractivity contribution in [3.63, 3.8) is 0 Å². The third-order valence-corrected chi connectivity index (χ3v) is 6.14. The number of methoxy groups -OCH3 is 1. The minimum atomic E-state index is 0. The fourth-order valence-corrected chi connectivity index (χ4v) is 4.43. The molecular formula is C23H34IN5O2. The summed E-state index contributed by atoms with van der Waals surface area (Å²) in [6, 6.07) is 12.6. The first-order chi connectivity index (χ1) is 14.8. The summed E-state index contributed by atoms with van der Waals surface area (Å²) >= 11 is 0. The molecule has 3 heterocycles. The summed E-state index contributed by atoms with van der Waals surface area (Å²) in [5.74, 6) is 2.90. The summed E-state index contributed by atoms with van der Waals surface area (Å²) in [6.45, 7) is 6.90. The van der Waals surface area contributed by atoms with E-state index in [0.29, 0.717) is 0 Å². The van der Waals surface area contributed by atoms with Gasteiger partial charge in [0.2, 0.25) is 0 Å². The molecule has 1 aromatic carbocycles. The van der Waals surface area contributed by atoms with Crippen LogP contribution in [0.3, 0.4) is 0 Å². The number of rotatable bonds is 6. The van der Waals surface area contributed by atoms with Crippen molar-refractivity contribution >= 4 is 35.6 Å². The molecule has 2 aliphatic rings. The fraction of sp³-hybridized carbons (Fsp3) is 0.522. The van der Waals surface area contributed by atoms with Crippen molar-refractivity contribution in [3.8, 4) is 5.75 Å². The number of benzene rings is 1. The predicted molar refractivity (Wildman–Crippen MR) is 136 cm³/mol. The van der Waals surface area contributed by atoms with Gasteiger partial charge >= 0.3 is 0 Å². The van der Waals surface area contributed by atoms with E-state index in [2.05, 4.69) is 43.2 Å². The number of aliphatic imine (C=N–C) groups is 1. The standard InChI is InChI=1S/C23H33N5O2.HI/c1-24-23(25-18-21(22-6-5-17-30-22)27-11-3-4-12-27)28-15-13-26(14-16-28)19-7-9-20(29-2)10-8-19;/h5-10,17,21H,3-4,11-16,18H2,1-2H3,(H,24,25);1H. The average molecular weight is 539 g/mol. The number of piperazine rings is 1. The molecule has 0 amide bonds. The minimum absolute atomic E-state index is 0. The molecule has 0 spiro atoms. The molecule has 1 N–H and O–H groups in total. The fourth-order valence-electron chi connectivity index (χ4n) is 4.43. The van der Waals surface area contributed by atoms with Gasteiger partial charge in [-0.25, -0.2) is 0 Å². The smallest absolute Gasteiger partial charge is 0.193 e. The zero-order valence-corrected chi connectivity index (χ0v) is 20.8. The Bertz CT molecular complexity index is 798. The van der Waals surface area contributed by atoms with E-state index in [9.17, 15) is 0 Å². The van der Waals surface area contributed by atoms with Gasteiger partial charge in [0.1, 0.15) is 11.5 Å². The lowest BCUT2D eigenvalue weighted by atomic mass is 10.2. The average Bonchev–Trinajstić information content (AvgIpc) is 3.52. The van der Waals surface area contributed by atoms with E-state index in [4.69, 9.17) is 9.15 Å². The quantitative estimate of drug-likeness (QED) is 0.345. The van der Waals surface area contributed by atoms with Crippen molar-refractivity contribution in [1.29, 1.82) is 0 Å². The summed E-state index contributed by atoms with van der Waals surface area (Å²) in [7, 11) is 3.57. The van der Waals surface area contributed by atoms with Crippen LogP contribution in [-0.4, -0.2) is 75.7 Å². The monoisotopic (exact) mass is 539 g/mol. The van der Waals surface area contributed by atoms with Crippen molar-refractivity contribution in [1.82, 2.24) is 15.1 Å². The van der Waals surface area contributed by atoms with Gasteiger partial charge in [0.15, 0.2) is 5.96 Å². The number of ether oxygens (including phenoxy) is 1. The van der Waals surface area contributed by atoms with Crippen LogP contribution < -0.4 is 15.0 Å². The van der Waals surface area contributed by atoms with E-state index in [1.165, 1.54) is 18.5 Å². The van der Waals surface area contributed by atoms with Crippen LogP contribution in [0.5, 0.6) is 5.75 Å². The number of halogens is 1. The van der Waals surface area contributed by atoms with Gasteiger partial charge in [-0.05, 0) is 62.3 Å². The lowest BCUT2D eigenvalue weighted by molar-refractivity contribution is 0.213. The summed E-state index contributed by atoms with van der Waals surface area (Å²) in [5.41, 5.74) is 1.24. The predicted octanol–water partition coefficient (Wildman–Crippen LogP) is 3.44. The number of anilines is 1. The molecule has 0 saturated carbocycles.